The number of carboxylic acid groups (broad SMARTS) is 1. The lowest BCUT2D eigenvalue weighted by atomic mass is 10.1. The van der Waals surface area contributed by atoms with Gasteiger partial charge in [0.25, 0.3) is 0 Å². The van der Waals surface area contributed by atoms with Crippen molar-refractivity contribution in [2.75, 3.05) is 37.7 Å². The van der Waals surface area contributed by atoms with Crippen LogP contribution in [0.5, 0.6) is 0 Å². The van der Waals surface area contributed by atoms with Crippen LogP contribution in [0.25, 0.3) is 0 Å². The molecular weight excluding hydrogens is 282 g/mol. The van der Waals surface area contributed by atoms with Crippen LogP contribution in [-0.4, -0.2) is 68.2 Å². The van der Waals surface area contributed by atoms with Crippen LogP contribution >= 0.6 is 0 Å². The van der Waals surface area contributed by atoms with Crippen LogP contribution in [0.1, 0.15) is 32.6 Å². The summed E-state index contributed by atoms with van der Waals surface area (Å²) in [6, 6.07) is 0. The van der Waals surface area contributed by atoms with Gasteiger partial charge in [0.2, 0.25) is 0 Å². The third-order valence-electron chi connectivity index (χ3n) is 3.44. The van der Waals surface area contributed by atoms with Gasteiger partial charge in [-0.05, 0) is 19.3 Å². The van der Waals surface area contributed by atoms with E-state index in [0.29, 0.717) is 13.0 Å². The number of aliphatic carboxylic acids is 1. The Morgan fingerprint density at radius 3 is 2.50 bits per heavy atom. The van der Waals surface area contributed by atoms with Crippen molar-refractivity contribution in [2.24, 2.45) is 0 Å². The van der Waals surface area contributed by atoms with Gasteiger partial charge < -0.3 is 14.7 Å². The Labute approximate surface area is 121 Å². The molecule has 1 rings (SSSR count). The second kappa shape index (κ2) is 8.59. The van der Waals surface area contributed by atoms with Crippen LogP contribution < -0.4 is 0 Å². The number of piperidine rings is 1. The van der Waals surface area contributed by atoms with Gasteiger partial charge in [-0.15, -0.1) is 0 Å². The summed E-state index contributed by atoms with van der Waals surface area (Å²) in [4.78, 5) is 12.5. The van der Waals surface area contributed by atoms with E-state index in [-0.39, 0.29) is 30.6 Å². The highest BCUT2D eigenvalue weighted by Gasteiger charge is 2.21. The zero-order chi connectivity index (χ0) is 15.0. The summed E-state index contributed by atoms with van der Waals surface area (Å²) in [5, 5.41) is 8.53. The van der Waals surface area contributed by atoms with Crippen LogP contribution in [0.15, 0.2) is 0 Å². The molecule has 7 heteroatoms. The summed E-state index contributed by atoms with van der Waals surface area (Å²) in [7, 11) is -2.91. The number of likely N-dealkylation sites (tertiary alicyclic amines) is 1. The Morgan fingerprint density at radius 2 is 1.95 bits per heavy atom. The van der Waals surface area contributed by atoms with E-state index in [4.69, 9.17) is 9.84 Å². The molecule has 0 spiro atoms. The van der Waals surface area contributed by atoms with E-state index in [2.05, 4.69) is 4.90 Å². The lowest BCUT2D eigenvalue weighted by Gasteiger charge is -2.31. The molecule has 1 fully saturated rings. The number of carboxylic acids is 1. The molecule has 118 valence electrons. The van der Waals surface area contributed by atoms with Gasteiger partial charge in [0.15, 0.2) is 9.84 Å². The van der Waals surface area contributed by atoms with Gasteiger partial charge in [-0.1, -0.05) is 6.92 Å². The largest absolute Gasteiger partial charge is 0.481 e. The maximum Gasteiger partial charge on any atom is 0.305 e. The van der Waals surface area contributed by atoms with Crippen LogP contribution in [0, 0.1) is 0 Å². The average molecular weight is 307 g/mol. The highest BCUT2D eigenvalue weighted by molar-refractivity contribution is 7.91. The van der Waals surface area contributed by atoms with Crippen molar-refractivity contribution in [3.63, 3.8) is 0 Å². The second-order valence-corrected chi connectivity index (χ2v) is 7.51. The smallest absolute Gasteiger partial charge is 0.305 e. The monoisotopic (exact) mass is 307 g/mol. The van der Waals surface area contributed by atoms with Gasteiger partial charge in [-0.25, -0.2) is 8.42 Å². The lowest BCUT2D eigenvalue weighted by molar-refractivity contribution is -0.138. The van der Waals surface area contributed by atoms with E-state index < -0.39 is 15.8 Å². The first-order valence-electron chi connectivity index (χ1n) is 7.19. The summed E-state index contributed by atoms with van der Waals surface area (Å²) in [6.45, 7) is 4.35. The number of rotatable bonds is 9. The molecule has 0 aliphatic carbocycles. The molecule has 0 aromatic heterocycles. The fourth-order valence-electron chi connectivity index (χ4n) is 2.29. The average Bonchev–Trinajstić information content (AvgIpc) is 2.37. The van der Waals surface area contributed by atoms with Gasteiger partial charge in [0.1, 0.15) is 0 Å². The van der Waals surface area contributed by atoms with E-state index >= 15 is 0 Å². The highest BCUT2D eigenvalue weighted by atomic mass is 32.2. The molecule has 0 amide bonds. The van der Waals surface area contributed by atoms with E-state index in [1.54, 1.807) is 0 Å². The van der Waals surface area contributed by atoms with Gasteiger partial charge in [0, 0.05) is 25.4 Å². The van der Waals surface area contributed by atoms with Crippen LogP contribution in [0.4, 0.5) is 0 Å². The first-order valence-corrected chi connectivity index (χ1v) is 9.01. The third-order valence-corrected chi connectivity index (χ3v) is 5.27. The number of carbonyl (C=O) groups is 1. The van der Waals surface area contributed by atoms with Crippen molar-refractivity contribution >= 4 is 15.8 Å². The number of hydrogen-bond donors (Lipinski definition) is 1. The SMILES string of the molecule is CCCS(=O)(=O)CCN1CCC(OCCC(=O)O)CC1. The number of hydrogen-bond acceptors (Lipinski definition) is 5. The van der Waals surface area contributed by atoms with E-state index in [1.807, 2.05) is 6.92 Å². The van der Waals surface area contributed by atoms with Gasteiger partial charge in [0.05, 0.1) is 24.9 Å². The summed E-state index contributed by atoms with van der Waals surface area (Å²) in [5.74, 6) is -0.351. The summed E-state index contributed by atoms with van der Waals surface area (Å²) < 4.78 is 28.8. The summed E-state index contributed by atoms with van der Waals surface area (Å²) in [5.41, 5.74) is 0. The zero-order valence-corrected chi connectivity index (χ0v) is 12.9. The Bertz CT molecular complexity index is 388. The molecule has 0 aromatic rings. The van der Waals surface area contributed by atoms with Crippen LogP contribution in [-0.2, 0) is 19.4 Å². The minimum absolute atomic E-state index is 0.0372. The fraction of sp³-hybridized carbons (Fsp3) is 0.923. The number of sulfone groups is 1. The summed E-state index contributed by atoms with van der Waals surface area (Å²) in [6.07, 6.45) is 2.50. The Hall–Kier alpha value is -0.660. The summed E-state index contributed by atoms with van der Waals surface area (Å²) >= 11 is 0. The van der Waals surface area contributed by atoms with Gasteiger partial charge in [-0.2, -0.15) is 0 Å². The fourth-order valence-corrected chi connectivity index (χ4v) is 3.66. The van der Waals surface area contributed by atoms with Crippen molar-refractivity contribution < 1.29 is 23.1 Å². The molecule has 0 bridgehead atoms. The Balaban J connectivity index is 2.17. The number of nitrogens with zero attached hydrogens (tertiary/aromatic N) is 1. The Morgan fingerprint density at radius 1 is 1.30 bits per heavy atom. The first-order chi connectivity index (χ1) is 9.43. The zero-order valence-electron chi connectivity index (χ0n) is 12.1. The van der Waals surface area contributed by atoms with Crippen molar-refractivity contribution in [2.45, 2.75) is 38.7 Å². The third kappa shape index (κ3) is 7.21. The predicted octanol–water partition coefficient (Wildman–Crippen LogP) is 0.767. The molecular formula is C13H25NO5S. The molecule has 0 atom stereocenters. The first kappa shape index (κ1) is 17.4. The van der Waals surface area contributed by atoms with Gasteiger partial charge >= 0.3 is 5.97 Å². The maximum absolute atomic E-state index is 11.6. The van der Waals surface area contributed by atoms with Crippen molar-refractivity contribution in [1.29, 1.82) is 0 Å². The normalized spacial score (nSPS) is 18.2. The van der Waals surface area contributed by atoms with E-state index in [9.17, 15) is 13.2 Å². The standard InChI is InChI=1S/C13H25NO5S/c1-2-10-20(17,18)11-8-14-6-3-12(4-7-14)19-9-5-13(15)16/h12H,2-11H2,1H3,(H,15,16). The molecule has 1 heterocycles. The quantitative estimate of drug-likeness (QED) is 0.677. The molecule has 0 radical (unpaired) electrons. The predicted molar refractivity (Wildman–Crippen MR) is 76.6 cm³/mol. The maximum atomic E-state index is 11.6. The molecule has 0 aromatic carbocycles. The van der Waals surface area contributed by atoms with Gasteiger partial charge in [-0.3, -0.25) is 4.79 Å². The van der Waals surface area contributed by atoms with Crippen LogP contribution in [0.2, 0.25) is 0 Å². The molecule has 1 saturated heterocycles. The molecule has 1 N–H and O–H groups in total. The molecule has 6 nitrogen and oxygen atoms in total. The highest BCUT2D eigenvalue weighted by Crippen LogP contribution is 2.14. The lowest BCUT2D eigenvalue weighted by Crippen LogP contribution is -2.39. The molecule has 1 aliphatic heterocycles. The minimum Gasteiger partial charge on any atom is -0.481 e. The van der Waals surface area contributed by atoms with E-state index in [1.165, 1.54) is 0 Å². The second-order valence-electron chi connectivity index (χ2n) is 5.21. The molecule has 20 heavy (non-hydrogen) atoms. The topological polar surface area (TPSA) is 83.9 Å². The molecule has 1 aliphatic rings. The molecule has 0 unspecified atom stereocenters. The number of ether oxygens (including phenoxy) is 1. The van der Waals surface area contributed by atoms with Crippen molar-refractivity contribution in [3.05, 3.63) is 0 Å². The van der Waals surface area contributed by atoms with E-state index in [0.717, 1.165) is 25.9 Å². The van der Waals surface area contributed by atoms with Crippen molar-refractivity contribution in [3.8, 4) is 0 Å². The van der Waals surface area contributed by atoms with Crippen LogP contribution in [0.3, 0.4) is 0 Å². The van der Waals surface area contributed by atoms with Crippen molar-refractivity contribution in [1.82, 2.24) is 4.90 Å². The molecule has 0 saturated carbocycles. The minimum atomic E-state index is -2.91. The Kier molecular flexibility index (Phi) is 7.47.